The van der Waals surface area contributed by atoms with Crippen LogP contribution < -0.4 is 5.73 Å². The van der Waals surface area contributed by atoms with Gasteiger partial charge in [-0.25, -0.2) is 9.18 Å². The molecule has 32 heavy (non-hydrogen) atoms. The van der Waals surface area contributed by atoms with Gasteiger partial charge in [0.1, 0.15) is 18.0 Å². The Morgan fingerprint density at radius 3 is 2.72 bits per heavy atom. The van der Waals surface area contributed by atoms with Gasteiger partial charge in [0.15, 0.2) is 0 Å². The normalized spacial score (nSPS) is 19.4. The van der Waals surface area contributed by atoms with E-state index in [-0.39, 0.29) is 50.1 Å². The van der Waals surface area contributed by atoms with Gasteiger partial charge < -0.3 is 20.3 Å². The molecule has 1 aromatic carbocycles. The van der Waals surface area contributed by atoms with Gasteiger partial charge in [0, 0.05) is 38.5 Å². The summed E-state index contributed by atoms with van der Waals surface area (Å²) in [5.74, 6) is -1.59. The molecule has 10 heteroatoms. The molecule has 4 amide bonds. The highest BCUT2D eigenvalue weighted by Gasteiger charge is 2.41. The number of likely N-dealkylation sites (N-methyl/N-ethyl adjacent to an activating group) is 1. The van der Waals surface area contributed by atoms with Crippen LogP contribution in [0, 0.1) is 5.82 Å². The van der Waals surface area contributed by atoms with E-state index in [1.165, 1.54) is 26.8 Å². The summed E-state index contributed by atoms with van der Waals surface area (Å²) < 4.78 is 19.4. The second-order valence-corrected chi connectivity index (χ2v) is 8.01. The van der Waals surface area contributed by atoms with E-state index < -0.39 is 24.1 Å². The minimum absolute atomic E-state index is 0.0504. The molecule has 1 aromatic rings. The first-order valence-corrected chi connectivity index (χ1v) is 10.4. The van der Waals surface area contributed by atoms with Gasteiger partial charge in [-0.3, -0.25) is 19.3 Å². The van der Waals surface area contributed by atoms with Gasteiger partial charge in [0.2, 0.25) is 17.7 Å². The molecule has 0 bridgehead atoms. The zero-order valence-corrected chi connectivity index (χ0v) is 18.0. The first kappa shape index (κ1) is 23.2. The Kier molecular flexibility index (Phi) is 7.12. The highest BCUT2D eigenvalue weighted by Crippen LogP contribution is 2.27. The average molecular weight is 446 g/mol. The lowest BCUT2D eigenvalue weighted by atomic mass is 10.1. The van der Waals surface area contributed by atoms with Crippen molar-refractivity contribution in [1.82, 2.24) is 14.7 Å². The molecule has 0 radical (unpaired) electrons. The number of nitrogens with zero attached hydrogens (tertiary/aromatic N) is 3. The maximum absolute atomic E-state index is 13.9. The number of nitrogens with two attached hydrogens (primary N) is 1. The Bertz CT molecular complexity index is 937. The molecule has 3 rings (SSSR count). The van der Waals surface area contributed by atoms with Gasteiger partial charge in [-0.05, 0) is 24.1 Å². The van der Waals surface area contributed by atoms with Crippen molar-refractivity contribution >= 4 is 23.8 Å². The van der Waals surface area contributed by atoms with Crippen LogP contribution in [0.2, 0.25) is 0 Å². The van der Waals surface area contributed by atoms with Crippen LogP contribution in [0.4, 0.5) is 9.18 Å². The summed E-state index contributed by atoms with van der Waals surface area (Å²) in [6.07, 6.45) is 0.489. The third-order valence-electron chi connectivity index (χ3n) is 5.80. The summed E-state index contributed by atoms with van der Waals surface area (Å²) >= 11 is 0. The highest BCUT2D eigenvalue weighted by molar-refractivity contribution is 5.88. The molecule has 1 saturated heterocycles. The Balaban J connectivity index is 1.54. The van der Waals surface area contributed by atoms with Crippen molar-refractivity contribution in [1.29, 1.82) is 0 Å². The number of carbonyl (C=O) groups excluding carboxylic acids is 4. The summed E-state index contributed by atoms with van der Waals surface area (Å²) in [5, 5.41) is 0. The van der Waals surface area contributed by atoms with Crippen LogP contribution in [-0.2, 0) is 32.2 Å². The summed E-state index contributed by atoms with van der Waals surface area (Å²) in [4.78, 5) is 52.8. The van der Waals surface area contributed by atoms with E-state index in [2.05, 4.69) is 6.58 Å². The molecule has 0 aliphatic carbocycles. The molecule has 0 unspecified atom stereocenters. The first-order chi connectivity index (χ1) is 15.2. The minimum Gasteiger partial charge on any atom is -0.444 e. The molecule has 0 saturated carbocycles. The Morgan fingerprint density at radius 2 is 2.06 bits per heavy atom. The Hall–Kier alpha value is -3.43. The molecule has 2 aliphatic heterocycles. The number of benzene rings is 1. The zero-order chi connectivity index (χ0) is 23.4. The molecule has 2 heterocycles. The van der Waals surface area contributed by atoms with Crippen molar-refractivity contribution in [3.8, 4) is 0 Å². The number of amides is 4. The van der Waals surface area contributed by atoms with Crippen LogP contribution in [0.25, 0.3) is 0 Å². The molecule has 2 N–H and O–H groups in total. The van der Waals surface area contributed by atoms with Crippen molar-refractivity contribution < 1.29 is 28.3 Å². The van der Waals surface area contributed by atoms with E-state index in [1.54, 1.807) is 19.2 Å². The van der Waals surface area contributed by atoms with E-state index in [0.717, 1.165) is 5.56 Å². The van der Waals surface area contributed by atoms with E-state index in [0.29, 0.717) is 18.5 Å². The first-order valence-electron chi connectivity index (χ1n) is 10.4. The summed E-state index contributed by atoms with van der Waals surface area (Å²) in [6, 6.07) is 3.81. The smallest absolute Gasteiger partial charge is 0.410 e. The predicted molar refractivity (Wildman–Crippen MR) is 112 cm³/mol. The number of ether oxygens (including phenoxy) is 1. The van der Waals surface area contributed by atoms with Crippen LogP contribution in [0.3, 0.4) is 0 Å². The number of likely N-dealkylation sites (tertiary alicyclic amines) is 1. The lowest BCUT2D eigenvalue weighted by Gasteiger charge is -2.23. The molecular weight excluding hydrogens is 419 g/mol. The molecule has 1 fully saturated rings. The van der Waals surface area contributed by atoms with Crippen molar-refractivity contribution in [2.45, 2.75) is 44.5 Å². The number of carbonyl (C=O) groups is 4. The molecule has 0 spiro atoms. The lowest BCUT2D eigenvalue weighted by molar-refractivity contribution is -0.137. The molecule has 0 aromatic heterocycles. The zero-order valence-electron chi connectivity index (χ0n) is 18.0. The molecule has 9 nitrogen and oxygen atoms in total. The summed E-state index contributed by atoms with van der Waals surface area (Å²) in [5.41, 5.74) is 6.64. The van der Waals surface area contributed by atoms with Crippen molar-refractivity contribution in [3.05, 3.63) is 47.8 Å². The number of hydrogen-bond acceptors (Lipinski definition) is 5. The van der Waals surface area contributed by atoms with E-state index >= 15 is 0 Å². The standard InChI is InChI=1S/C22H27FN4O5/c1-3-19(28)25(2)9-5-8-20(29)27-12-15(10-18(27)21(24)30)32-22(31)26-11-14-6-4-7-17(23)16(14)13-26/h3-4,6-7,15,18H,1,5,8-13H2,2H3,(H2,24,30)/t15-,18+/m1/s1. The maximum atomic E-state index is 13.9. The second-order valence-electron chi connectivity index (χ2n) is 8.01. The third kappa shape index (κ3) is 5.06. The molecular formula is C22H27FN4O5. The van der Waals surface area contributed by atoms with E-state index in [1.807, 2.05) is 0 Å². The number of primary amides is 1. The predicted octanol–water partition coefficient (Wildman–Crippen LogP) is 1.16. The molecule has 2 atom stereocenters. The quantitative estimate of drug-likeness (QED) is 0.632. The number of rotatable bonds is 7. The topological polar surface area (TPSA) is 113 Å². The fraction of sp³-hybridized carbons (Fsp3) is 0.455. The van der Waals surface area contributed by atoms with Crippen molar-refractivity contribution in [2.75, 3.05) is 20.1 Å². The fourth-order valence-electron chi connectivity index (χ4n) is 4.03. The lowest BCUT2D eigenvalue weighted by Crippen LogP contribution is -2.44. The number of halogens is 1. The van der Waals surface area contributed by atoms with Crippen molar-refractivity contribution in [3.63, 3.8) is 0 Å². The van der Waals surface area contributed by atoms with Gasteiger partial charge in [0.25, 0.3) is 0 Å². The van der Waals surface area contributed by atoms with Gasteiger partial charge in [-0.1, -0.05) is 18.7 Å². The number of hydrogen-bond donors (Lipinski definition) is 1. The Morgan fingerprint density at radius 1 is 1.31 bits per heavy atom. The van der Waals surface area contributed by atoms with Crippen molar-refractivity contribution in [2.24, 2.45) is 5.73 Å². The Labute approximate surface area is 185 Å². The van der Waals surface area contributed by atoms with Crippen LogP contribution in [0.5, 0.6) is 0 Å². The van der Waals surface area contributed by atoms with Gasteiger partial charge in [-0.2, -0.15) is 0 Å². The maximum Gasteiger partial charge on any atom is 0.410 e. The average Bonchev–Trinajstić information content (AvgIpc) is 3.38. The van der Waals surface area contributed by atoms with E-state index in [4.69, 9.17) is 10.5 Å². The van der Waals surface area contributed by atoms with Crippen LogP contribution in [0.15, 0.2) is 30.9 Å². The van der Waals surface area contributed by atoms with Gasteiger partial charge >= 0.3 is 6.09 Å². The SMILES string of the molecule is C=CC(=O)N(C)CCCC(=O)N1C[C@H](OC(=O)N2Cc3cccc(F)c3C2)C[C@H]1C(N)=O. The largest absolute Gasteiger partial charge is 0.444 e. The summed E-state index contributed by atoms with van der Waals surface area (Å²) in [6.45, 7) is 4.16. The fourth-order valence-corrected chi connectivity index (χ4v) is 4.03. The number of fused-ring (bicyclic) bond motifs is 1. The van der Waals surface area contributed by atoms with Crippen LogP contribution in [-0.4, -0.2) is 70.8 Å². The minimum atomic E-state index is -0.874. The van der Waals surface area contributed by atoms with Crippen LogP contribution in [0.1, 0.15) is 30.4 Å². The second kappa shape index (κ2) is 9.80. The molecule has 2 aliphatic rings. The highest BCUT2D eigenvalue weighted by atomic mass is 19.1. The van der Waals surface area contributed by atoms with Crippen LogP contribution >= 0.6 is 0 Å². The van der Waals surface area contributed by atoms with E-state index in [9.17, 15) is 23.6 Å². The summed E-state index contributed by atoms with van der Waals surface area (Å²) in [7, 11) is 1.61. The van der Waals surface area contributed by atoms with Gasteiger partial charge in [-0.15, -0.1) is 0 Å². The molecule has 172 valence electrons. The monoisotopic (exact) mass is 446 g/mol. The van der Waals surface area contributed by atoms with Gasteiger partial charge in [0.05, 0.1) is 13.1 Å². The third-order valence-corrected chi connectivity index (χ3v) is 5.80.